The normalized spacial score (nSPS) is 13.3. The van der Waals surface area contributed by atoms with E-state index in [9.17, 15) is 14.4 Å². The molecule has 8 heteroatoms. The van der Waals surface area contributed by atoms with Crippen molar-refractivity contribution >= 4 is 29.1 Å². The number of nitrogens with zero attached hydrogens (tertiary/aromatic N) is 1. The Labute approximate surface area is 169 Å². The van der Waals surface area contributed by atoms with Gasteiger partial charge in [0.25, 0.3) is 11.8 Å². The largest absolute Gasteiger partial charge is 0.484 e. The summed E-state index contributed by atoms with van der Waals surface area (Å²) in [6.07, 6.45) is 1.44. The number of carbonyl (C=O) groups excluding carboxylic acids is 3. The number of hydrogen-bond donors (Lipinski definition) is 3. The fraction of sp³-hybridized carbons (Fsp3) is 0.286. The topological polar surface area (TPSA) is 114 Å². The Morgan fingerprint density at radius 1 is 1.10 bits per heavy atom. The second kappa shape index (κ2) is 9.70. The van der Waals surface area contributed by atoms with Crippen LogP contribution in [0, 0.1) is 0 Å². The maximum absolute atomic E-state index is 12.3. The third kappa shape index (κ3) is 5.32. The maximum Gasteiger partial charge on any atom is 0.262 e. The molecule has 0 bridgehead atoms. The predicted octanol–water partition coefficient (Wildman–Crippen LogP) is 1.52. The molecule has 0 aromatic heterocycles. The van der Waals surface area contributed by atoms with Gasteiger partial charge < -0.3 is 26.0 Å². The first kappa shape index (κ1) is 20.3. The minimum absolute atomic E-state index is 0.118. The second-order valence-corrected chi connectivity index (χ2v) is 6.57. The number of ether oxygens (including phenoxy) is 1. The lowest BCUT2D eigenvalue weighted by Crippen LogP contribution is -2.30. The van der Waals surface area contributed by atoms with E-state index in [1.807, 2.05) is 0 Å². The van der Waals surface area contributed by atoms with Crippen LogP contribution in [-0.2, 0) is 9.59 Å². The summed E-state index contributed by atoms with van der Waals surface area (Å²) in [5, 5.41) is 5.37. The Morgan fingerprint density at radius 3 is 2.55 bits per heavy atom. The zero-order chi connectivity index (χ0) is 20.6. The molecule has 1 fully saturated rings. The first-order valence-electron chi connectivity index (χ1n) is 9.49. The summed E-state index contributed by atoms with van der Waals surface area (Å²) >= 11 is 0. The monoisotopic (exact) mass is 396 g/mol. The molecule has 0 unspecified atom stereocenters. The van der Waals surface area contributed by atoms with Crippen molar-refractivity contribution in [3.63, 3.8) is 0 Å². The molecule has 0 spiro atoms. The van der Waals surface area contributed by atoms with Gasteiger partial charge >= 0.3 is 0 Å². The first-order chi connectivity index (χ1) is 14.1. The highest BCUT2D eigenvalue weighted by molar-refractivity contribution is 6.04. The SMILES string of the molecule is NCCNC(=O)c1ccccc1NC(=O)COc1ccc(N2CCCC2=O)cc1. The Balaban J connectivity index is 1.55. The average molecular weight is 396 g/mol. The van der Waals surface area contributed by atoms with Crippen LogP contribution >= 0.6 is 0 Å². The summed E-state index contributed by atoms with van der Waals surface area (Å²) in [6, 6.07) is 13.8. The van der Waals surface area contributed by atoms with Crippen molar-refractivity contribution in [1.29, 1.82) is 0 Å². The lowest BCUT2D eigenvalue weighted by atomic mass is 10.1. The molecule has 4 N–H and O–H groups in total. The van der Waals surface area contributed by atoms with Crippen LogP contribution in [-0.4, -0.2) is 44.0 Å². The van der Waals surface area contributed by atoms with E-state index >= 15 is 0 Å². The van der Waals surface area contributed by atoms with Crippen LogP contribution in [0.5, 0.6) is 5.75 Å². The summed E-state index contributed by atoms with van der Waals surface area (Å²) in [4.78, 5) is 38.0. The van der Waals surface area contributed by atoms with E-state index in [0.29, 0.717) is 36.5 Å². The van der Waals surface area contributed by atoms with Crippen LogP contribution in [0.15, 0.2) is 48.5 Å². The van der Waals surface area contributed by atoms with Gasteiger partial charge in [0.15, 0.2) is 6.61 Å². The minimum atomic E-state index is -0.386. The van der Waals surface area contributed by atoms with Gasteiger partial charge in [0.1, 0.15) is 5.75 Å². The molecule has 0 aliphatic carbocycles. The molecule has 3 rings (SSSR count). The number of hydrogen-bond acceptors (Lipinski definition) is 5. The fourth-order valence-corrected chi connectivity index (χ4v) is 3.05. The van der Waals surface area contributed by atoms with Crippen molar-refractivity contribution in [3.05, 3.63) is 54.1 Å². The number of amides is 3. The highest BCUT2D eigenvalue weighted by Gasteiger charge is 2.21. The van der Waals surface area contributed by atoms with Gasteiger partial charge in [0.05, 0.1) is 11.3 Å². The highest BCUT2D eigenvalue weighted by atomic mass is 16.5. The fourth-order valence-electron chi connectivity index (χ4n) is 3.05. The quantitative estimate of drug-likeness (QED) is 0.626. The summed E-state index contributed by atoms with van der Waals surface area (Å²) in [7, 11) is 0. The molecular formula is C21H24N4O4. The van der Waals surface area contributed by atoms with Gasteiger partial charge in [-0.15, -0.1) is 0 Å². The summed E-state index contributed by atoms with van der Waals surface area (Å²) in [6.45, 7) is 1.20. The Hall–Kier alpha value is -3.39. The molecule has 1 aliphatic heterocycles. The first-order valence-corrected chi connectivity index (χ1v) is 9.49. The van der Waals surface area contributed by atoms with Crippen LogP contribution in [0.1, 0.15) is 23.2 Å². The number of anilines is 2. The molecule has 1 saturated heterocycles. The van der Waals surface area contributed by atoms with Crippen molar-refractivity contribution in [3.8, 4) is 5.75 Å². The second-order valence-electron chi connectivity index (χ2n) is 6.57. The lowest BCUT2D eigenvalue weighted by Gasteiger charge is -2.16. The van der Waals surface area contributed by atoms with E-state index in [0.717, 1.165) is 18.7 Å². The molecule has 0 saturated carbocycles. The molecule has 0 radical (unpaired) electrons. The number of benzene rings is 2. The van der Waals surface area contributed by atoms with Gasteiger partial charge in [-0.05, 0) is 42.8 Å². The van der Waals surface area contributed by atoms with E-state index in [4.69, 9.17) is 10.5 Å². The summed E-state index contributed by atoms with van der Waals surface area (Å²) < 4.78 is 5.52. The zero-order valence-corrected chi connectivity index (χ0v) is 16.0. The Bertz CT molecular complexity index is 883. The molecular weight excluding hydrogens is 372 g/mol. The molecule has 1 heterocycles. The van der Waals surface area contributed by atoms with Gasteiger partial charge in [-0.25, -0.2) is 0 Å². The maximum atomic E-state index is 12.3. The number of nitrogens with one attached hydrogen (secondary N) is 2. The van der Waals surface area contributed by atoms with Gasteiger partial charge in [0, 0.05) is 31.7 Å². The molecule has 1 aliphatic rings. The molecule has 152 valence electrons. The average Bonchev–Trinajstić information content (AvgIpc) is 3.17. The highest BCUT2D eigenvalue weighted by Crippen LogP contribution is 2.24. The number of rotatable bonds is 8. The molecule has 0 atom stereocenters. The standard InChI is InChI=1S/C21H24N4O4/c22-11-12-23-21(28)17-4-1-2-5-18(17)24-19(26)14-29-16-9-7-15(8-10-16)25-13-3-6-20(25)27/h1-2,4-5,7-10H,3,6,11-14,22H2,(H,23,28)(H,24,26). The van der Waals surface area contributed by atoms with Crippen molar-refractivity contribution in [2.75, 3.05) is 36.5 Å². The molecule has 29 heavy (non-hydrogen) atoms. The van der Waals surface area contributed by atoms with Crippen LogP contribution in [0.25, 0.3) is 0 Å². The van der Waals surface area contributed by atoms with E-state index in [1.54, 1.807) is 53.4 Å². The number of para-hydroxylation sites is 1. The third-order valence-corrected chi connectivity index (χ3v) is 4.47. The molecule has 2 aromatic carbocycles. The van der Waals surface area contributed by atoms with Crippen molar-refractivity contribution in [1.82, 2.24) is 5.32 Å². The Kier molecular flexibility index (Phi) is 6.80. The minimum Gasteiger partial charge on any atom is -0.484 e. The van der Waals surface area contributed by atoms with Gasteiger partial charge in [-0.3, -0.25) is 14.4 Å². The van der Waals surface area contributed by atoms with Crippen LogP contribution in [0.4, 0.5) is 11.4 Å². The van der Waals surface area contributed by atoms with Crippen molar-refractivity contribution in [2.45, 2.75) is 12.8 Å². The lowest BCUT2D eigenvalue weighted by molar-refractivity contribution is -0.118. The van der Waals surface area contributed by atoms with E-state index < -0.39 is 0 Å². The molecule has 3 amide bonds. The predicted molar refractivity (Wildman–Crippen MR) is 110 cm³/mol. The summed E-state index contributed by atoms with van der Waals surface area (Å²) in [5.41, 5.74) is 6.98. The zero-order valence-electron chi connectivity index (χ0n) is 16.0. The smallest absolute Gasteiger partial charge is 0.262 e. The Morgan fingerprint density at radius 2 is 1.86 bits per heavy atom. The van der Waals surface area contributed by atoms with Crippen LogP contribution < -0.4 is 26.0 Å². The summed E-state index contributed by atoms with van der Waals surface area (Å²) in [5.74, 6) is -0.0566. The van der Waals surface area contributed by atoms with E-state index in [2.05, 4.69) is 10.6 Å². The molecule has 8 nitrogen and oxygen atoms in total. The molecule has 2 aromatic rings. The third-order valence-electron chi connectivity index (χ3n) is 4.47. The number of carbonyl (C=O) groups is 3. The van der Waals surface area contributed by atoms with E-state index in [-0.39, 0.29) is 24.3 Å². The van der Waals surface area contributed by atoms with E-state index in [1.165, 1.54) is 0 Å². The van der Waals surface area contributed by atoms with Crippen LogP contribution in [0.2, 0.25) is 0 Å². The van der Waals surface area contributed by atoms with Gasteiger partial charge in [0.2, 0.25) is 5.91 Å². The number of nitrogens with two attached hydrogens (primary N) is 1. The van der Waals surface area contributed by atoms with Gasteiger partial charge in [-0.2, -0.15) is 0 Å². The van der Waals surface area contributed by atoms with Crippen molar-refractivity contribution in [2.24, 2.45) is 5.73 Å². The van der Waals surface area contributed by atoms with Crippen LogP contribution in [0.3, 0.4) is 0 Å². The van der Waals surface area contributed by atoms with Crippen molar-refractivity contribution < 1.29 is 19.1 Å². The van der Waals surface area contributed by atoms with Gasteiger partial charge in [-0.1, -0.05) is 12.1 Å².